The third-order valence-electron chi connectivity index (χ3n) is 2.08. The topological polar surface area (TPSA) is 0 Å². The van der Waals surface area contributed by atoms with E-state index in [0.29, 0.717) is 0 Å². The Hall–Kier alpha value is -1.04. The van der Waals surface area contributed by atoms with Crippen LogP contribution in [-0.4, -0.2) is 0 Å². The van der Waals surface area contributed by atoms with Crippen LogP contribution in [0.2, 0.25) is 0 Å². The fourth-order valence-corrected chi connectivity index (χ4v) is 1.23. The van der Waals surface area contributed by atoms with Crippen molar-refractivity contribution in [3.63, 3.8) is 0 Å². The van der Waals surface area contributed by atoms with Crippen molar-refractivity contribution < 1.29 is 0 Å². The molecule has 0 heterocycles. The maximum Gasteiger partial charge on any atom is -0.0133 e. The average molecular weight is 160 g/mol. The summed E-state index contributed by atoms with van der Waals surface area (Å²) >= 11 is 0. The summed E-state index contributed by atoms with van der Waals surface area (Å²) in [6, 6.07) is 0. The van der Waals surface area contributed by atoms with Crippen molar-refractivity contribution in [1.29, 1.82) is 0 Å². The molecule has 1 aliphatic rings. The summed E-state index contributed by atoms with van der Waals surface area (Å²) in [5.41, 5.74) is 4.13. The summed E-state index contributed by atoms with van der Waals surface area (Å²) in [5.74, 6) is 0. The fourth-order valence-electron chi connectivity index (χ4n) is 1.23. The van der Waals surface area contributed by atoms with Gasteiger partial charge in [0, 0.05) is 0 Å². The van der Waals surface area contributed by atoms with Crippen molar-refractivity contribution in [3.8, 4) is 0 Å². The van der Waals surface area contributed by atoms with Gasteiger partial charge >= 0.3 is 0 Å². The number of rotatable bonds is 1. The molecule has 0 unspecified atom stereocenters. The van der Waals surface area contributed by atoms with Gasteiger partial charge in [0.05, 0.1) is 0 Å². The Kier molecular flexibility index (Phi) is 3.09. The number of hydrogen-bond donors (Lipinski definition) is 0. The summed E-state index contributed by atoms with van der Waals surface area (Å²) in [5, 5.41) is 0. The van der Waals surface area contributed by atoms with Crippen LogP contribution in [0.3, 0.4) is 0 Å². The molecule has 0 saturated carbocycles. The molecule has 0 fully saturated rings. The largest absolute Gasteiger partial charge is 0.0871 e. The maximum atomic E-state index is 2.28. The van der Waals surface area contributed by atoms with Gasteiger partial charge in [-0.25, -0.2) is 0 Å². The molecule has 0 atom stereocenters. The minimum absolute atomic E-state index is 1.09. The highest BCUT2D eigenvalue weighted by atomic mass is 14.0. The highest BCUT2D eigenvalue weighted by molar-refractivity contribution is 5.43. The molecular weight excluding hydrogens is 144 g/mol. The van der Waals surface area contributed by atoms with Crippen LogP contribution in [0, 0.1) is 0 Å². The molecule has 0 N–H and O–H groups in total. The van der Waals surface area contributed by atoms with Crippen molar-refractivity contribution in [2.75, 3.05) is 0 Å². The second kappa shape index (κ2) is 4.10. The van der Waals surface area contributed by atoms with E-state index in [0.717, 1.165) is 6.42 Å². The molecule has 0 saturated heterocycles. The predicted molar refractivity (Wildman–Crippen MR) is 55.0 cm³/mol. The lowest BCUT2D eigenvalue weighted by Gasteiger charge is -1.98. The minimum Gasteiger partial charge on any atom is -0.0871 e. The second-order valence-corrected chi connectivity index (χ2v) is 3.23. The molecule has 0 aromatic rings. The van der Waals surface area contributed by atoms with Crippen LogP contribution in [0.15, 0.2) is 47.1 Å². The lowest BCUT2D eigenvalue weighted by atomic mass is 10.1. The Bertz CT molecular complexity index is 272. The summed E-state index contributed by atoms with van der Waals surface area (Å²) in [6.07, 6.45) is 12.0. The van der Waals surface area contributed by atoms with Crippen LogP contribution in [0.25, 0.3) is 0 Å². The molecule has 0 amide bonds. The Labute approximate surface area is 75.0 Å². The van der Waals surface area contributed by atoms with Gasteiger partial charge in [0.15, 0.2) is 0 Å². The highest BCUT2D eigenvalue weighted by Crippen LogP contribution is 2.18. The zero-order valence-corrected chi connectivity index (χ0v) is 8.09. The van der Waals surface area contributed by atoms with Crippen molar-refractivity contribution in [1.82, 2.24) is 0 Å². The number of allylic oxidation sites excluding steroid dienone is 8. The van der Waals surface area contributed by atoms with E-state index in [-0.39, 0.29) is 0 Å². The normalized spacial score (nSPS) is 18.4. The molecule has 1 aliphatic carbocycles. The van der Waals surface area contributed by atoms with Crippen LogP contribution in [0.1, 0.15) is 27.2 Å². The summed E-state index contributed by atoms with van der Waals surface area (Å²) in [7, 11) is 0. The summed E-state index contributed by atoms with van der Waals surface area (Å²) < 4.78 is 0. The average Bonchev–Trinajstić information content (AvgIpc) is 2.20. The standard InChI is InChI=1S/C12H16/c1-4-5-12-9-7-10(2)6-8-11(12)3/h4-5,7-9H,6H2,1-3H3. The molecule has 12 heavy (non-hydrogen) atoms. The van der Waals surface area contributed by atoms with E-state index in [9.17, 15) is 0 Å². The zero-order valence-electron chi connectivity index (χ0n) is 8.09. The van der Waals surface area contributed by atoms with Gasteiger partial charge in [-0.2, -0.15) is 0 Å². The first-order valence-corrected chi connectivity index (χ1v) is 4.41. The first-order valence-electron chi connectivity index (χ1n) is 4.41. The van der Waals surface area contributed by atoms with Crippen molar-refractivity contribution in [2.24, 2.45) is 0 Å². The van der Waals surface area contributed by atoms with E-state index in [2.05, 4.69) is 51.2 Å². The van der Waals surface area contributed by atoms with Crippen LogP contribution < -0.4 is 0 Å². The second-order valence-electron chi connectivity index (χ2n) is 3.23. The van der Waals surface area contributed by atoms with Crippen LogP contribution in [0.4, 0.5) is 0 Å². The Morgan fingerprint density at radius 1 is 1.25 bits per heavy atom. The molecular formula is C12H16. The number of hydrogen-bond acceptors (Lipinski definition) is 0. The molecule has 0 spiro atoms. The van der Waals surface area contributed by atoms with Gasteiger partial charge in [0.25, 0.3) is 0 Å². The highest BCUT2D eigenvalue weighted by Gasteiger charge is 1.98. The zero-order chi connectivity index (χ0) is 8.97. The molecule has 0 nitrogen and oxygen atoms in total. The molecule has 0 aromatic heterocycles. The summed E-state index contributed by atoms with van der Waals surface area (Å²) in [4.78, 5) is 0. The van der Waals surface area contributed by atoms with Gasteiger partial charge in [0.2, 0.25) is 0 Å². The molecule has 0 aliphatic heterocycles. The van der Waals surface area contributed by atoms with Crippen LogP contribution >= 0.6 is 0 Å². The maximum absolute atomic E-state index is 2.28. The first-order chi connectivity index (χ1) is 5.74. The predicted octanol–water partition coefficient (Wildman–Crippen LogP) is 3.79. The van der Waals surface area contributed by atoms with E-state index in [1.54, 1.807) is 0 Å². The van der Waals surface area contributed by atoms with Gasteiger partial charge in [-0.1, -0.05) is 36.0 Å². The quantitative estimate of drug-likeness (QED) is 0.547. The Morgan fingerprint density at radius 2 is 2.00 bits per heavy atom. The molecule has 0 bridgehead atoms. The van der Waals surface area contributed by atoms with E-state index >= 15 is 0 Å². The van der Waals surface area contributed by atoms with Crippen molar-refractivity contribution in [3.05, 3.63) is 47.1 Å². The van der Waals surface area contributed by atoms with Gasteiger partial charge in [-0.05, 0) is 38.3 Å². The third kappa shape index (κ3) is 2.23. The third-order valence-corrected chi connectivity index (χ3v) is 2.08. The van der Waals surface area contributed by atoms with Crippen LogP contribution in [-0.2, 0) is 0 Å². The fraction of sp³-hybridized carbons (Fsp3) is 0.333. The van der Waals surface area contributed by atoms with E-state index in [1.807, 2.05) is 0 Å². The van der Waals surface area contributed by atoms with Gasteiger partial charge in [-0.3, -0.25) is 0 Å². The van der Waals surface area contributed by atoms with Crippen molar-refractivity contribution >= 4 is 0 Å². The van der Waals surface area contributed by atoms with E-state index in [4.69, 9.17) is 0 Å². The lowest BCUT2D eigenvalue weighted by molar-refractivity contribution is 1.20. The summed E-state index contributed by atoms with van der Waals surface area (Å²) in [6.45, 7) is 6.38. The monoisotopic (exact) mass is 160 g/mol. The van der Waals surface area contributed by atoms with Crippen LogP contribution in [0.5, 0.6) is 0 Å². The molecule has 0 heteroatoms. The molecule has 0 radical (unpaired) electrons. The Balaban J connectivity index is 2.95. The Morgan fingerprint density at radius 3 is 2.67 bits per heavy atom. The van der Waals surface area contributed by atoms with Gasteiger partial charge in [0.1, 0.15) is 0 Å². The van der Waals surface area contributed by atoms with E-state index in [1.165, 1.54) is 16.7 Å². The molecule has 1 rings (SSSR count). The van der Waals surface area contributed by atoms with Gasteiger partial charge in [-0.15, -0.1) is 0 Å². The van der Waals surface area contributed by atoms with E-state index < -0.39 is 0 Å². The first kappa shape index (κ1) is 9.05. The van der Waals surface area contributed by atoms with Crippen molar-refractivity contribution in [2.45, 2.75) is 27.2 Å². The smallest absolute Gasteiger partial charge is 0.0133 e. The van der Waals surface area contributed by atoms with Gasteiger partial charge < -0.3 is 0 Å². The minimum atomic E-state index is 1.09. The molecule has 64 valence electrons. The molecule has 0 aromatic carbocycles. The SMILES string of the molecule is CC=CC1=CC=C(C)CC=C1C. The lowest BCUT2D eigenvalue weighted by Crippen LogP contribution is -1.78.